The summed E-state index contributed by atoms with van der Waals surface area (Å²) in [6.07, 6.45) is -0.896. The topological polar surface area (TPSA) is 105 Å². The molecule has 2 aromatic rings. The van der Waals surface area contributed by atoms with Crippen LogP contribution < -0.4 is 10.6 Å². The van der Waals surface area contributed by atoms with Crippen LogP contribution in [0.4, 0.5) is 4.79 Å². The van der Waals surface area contributed by atoms with Crippen molar-refractivity contribution in [2.45, 2.75) is 52.1 Å². The third-order valence-electron chi connectivity index (χ3n) is 5.81. The fourth-order valence-corrected chi connectivity index (χ4v) is 3.93. The summed E-state index contributed by atoms with van der Waals surface area (Å²) in [5, 5.41) is 14.4. The summed E-state index contributed by atoms with van der Waals surface area (Å²) < 4.78 is 5.47. The minimum absolute atomic E-state index is 0.0712. The fraction of sp³-hybridized carbons (Fsp3) is 0.400. The zero-order valence-electron chi connectivity index (χ0n) is 18.8. The second kappa shape index (κ2) is 9.42. The molecule has 0 spiro atoms. The summed E-state index contributed by atoms with van der Waals surface area (Å²) in [5.41, 5.74) is 4.04. The Labute approximate surface area is 188 Å². The Balaban J connectivity index is 1.59. The minimum atomic E-state index is -0.998. The van der Waals surface area contributed by atoms with Gasteiger partial charge in [-0.2, -0.15) is 0 Å². The van der Waals surface area contributed by atoms with Gasteiger partial charge in [-0.1, -0.05) is 69.3 Å². The molecule has 0 saturated heterocycles. The van der Waals surface area contributed by atoms with Crippen molar-refractivity contribution in [3.8, 4) is 11.1 Å². The minimum Gasteiger partial charge on any atom is -0.481 e. The SMILES string of the molecule is C[C@H](NC(=O)OCC1c2ccccc2-c2ccccc21)C(=O)NC(CC(=O)O)C(C)(C)C. The van der Waals surface area contributed by atoms with Gasteiger partial charge in [0, 0.05) is 12.0 Å². The molecule has 0 aromatic heterocycles. The molecule has 1 aliphatic carbocycles. The van der Waals surface area contributed by atoms with Crippen molar-refractivity contribution in [2.75, 3.05) is 6.61 Å². The Morgan fingerprint density at radius 3 is 2.00 bits per heavy atom. The predicted molar refractivity (Wildman–Crippen MR) is 121 cm³/mol. The number of nitrogens with one attached hydrogen (secondary N) is 2. The van der Waals surface area contributed by atoms with E-state index in [1.807, 2.05) is 57.2 Å². The quantitative estimate of drug-likeness (QED) is 0.608. The Hall–Kier alpha value is -3.35. The average Bonchev–Trinajstić information content (AvgIpc) is 3.04. The summed E-state index contributed by atoms with van der Waals surface area (Å²) in [5.74, 6) is -1.53. The van der Waals surface area contributed by atoms with Crippen LogP contribution in [0.5, 0.6) is 0 Å². The van der Waals surface area contributed by atoms with Gasteiger partial charge < -0.3 is 20.5 Å². The van der Waals surface area contributed by atoms with Crippen molar-refractivity contribution in [1.82, 2.24) is 10.6 Å². The lowest BCUT2D eigenvalue weighted by atomic mass is 9.84. The predicted octanol–water partition coefficient (Wildman–Crippen LogP) is 3.92. The molecule has 32 heavy (non-hydrogen) atoms. The molecule has 7 heteroatoms. The largest absolute Gasteiger partial charge is 0.481 e. The van der Waals surface area contributed by atoms with Gasteiger partial charge in [-0.05, 0) is 34.6 Å². The molecule has 1 aliphatic rings. The highest BCUT2D eigenvalue weighted by Gasteiger charge is 2.31. The van der Waals surface area contributed by atoms with Crippen molar-refractivity contribution in [3.63, 3.8) is 0 Å². The van der Waals surface area contributed by atoms with Crippen LogP contribution in [0.3, 0.4) is 0 Å². The first-order chi connectivity index (χ1) is 15.1. The van der Waals surface area contributed by atoms with Gasteiger partial charge in [0.1, 0.15) is 12.6 Å². The van der Waals surface area contributed by atoms with E-state index in [1.54, 1.807) is 0 Å². The van der Waals surface area contributed by atoms with Gasteiger partial charge in [-0.3, -0.25) is 9.59 Å². The van der Waals surface area contributed by atoms with Gasteiger partial charge in [-0.25, -0.2) is 4.79 Å². The summed E-state index contributed by atoms with van der Waals surface area (Å²) >= 11 is 0. The zero-order valence-corrected chi connectivity index (χ0v) is 18.8. The number of benzene rings is 2. The van der Waals surface area contributed by atoms with Gasteiger partial charge in [0.25, 0.3) is 0 Å². The third kappa shape index (κ3) is 5.28. The monoisotopic (exact) mass is 438 g/mol. The van der Waals surface area contributed by atoms with E-state index in [4.69, 9.17) is 9.84 Å². The number of aliphatic carboxylic acids is 1. The standard InChI is InChI=1S/C25H30N2O5/c1-15(23(30)27-21(13-22(28)29)25(2,3)4)26-24(31)32-14-20-18-11-7-5-9-16(18)17-10-6-8-12-19(17)20/h5-12,15,20-21H,13-14H2,1-4H3,(H,26,31)(H,27,30)(H,28,29)/t15-,21?/m0/s1. The highest BCUT2D eigenvalue weighted by atomic mass is 16.5. The normalized spacial score (nSPS) is 14.6. The lowest BCUT2D eigenvalue weighted by Gasteiger charge is -2.31. The van der Waals surface area contributed by atoms with Gasteiger partial charge >= 0.3 is 12.1 Å². The Morgan fingerprint density at radius 2 is 1.50 bits per heavy atom. The molecule has 170 valence electrons. The maximum atomic E-state index is 12.5. The molecule has 0 bridgehead atoms. The zero-order chi connectivity index (χ0) is 23.5. The molecular weight excluding hydrogens is 408 g/mol. The van der Waals surface area contributed by atoms with Gasteiger partial charge in [0.05, 0.1) is 6.42 Å². The van der Waals surface area contributed by atoms with Crippen LogP contribution in [0.1, 0.15) is 51.2 Å². The van der Waals surface area contributed by atoms with Crippen LogP contribution >= 0.6 is 0 Å². The molecule has 0 heterocycles. The lowest BCUT2D eigenvalue weighted by molar-refractivity contribution is -0.138. The summed E-state index contributed by atoms with van der Waals surface area (Å²) in [4.78, 5) is 36.1. The van der Waals surface area contributed by atoms with E-state index >= 15 is 0 Å². The number of amides is 2. The van der Waals surface area contributed by atoms with Crippen molar-refractivity contribution in [3.05, 3.63) is 59.7 Å². The van der Waals surface area contributed by atoms with E-state index in [-0.39, 0.29) is 18.9 Å². The highest BCUT2D eigenvalue weighted by molar-refractivity contribution is 5.86. The van der Waals surface area contributed by atoms with Crippen molar-refractivity contribution >= 4 is 18.0 Å². The van der Waals surface area contributed by atoms with Gasteiger partial charge in [0.15, 0.2) is 0 Å². The molecule has 0 aliphatic heterocycles. The number of fused-ring (bicyclic) bond motifs is 3. The number of carbonyl (C=O) groups is 3. The lowest BCUT2D eigenvalue weighted by Crippen LogP contribution is -2.52. The first-order valence-corrected chi connectivity index (χ1v) is 10.7. The van der Waals surface area contributed by atoms with Crippen LogP contribution in [-0.4, -0.2) is 41.8 Å². The highest BCUT2D eigenvalue weighted by Crippen LogP contribution is 2.44. The molecule has 1 unspecified atom stereocenters. The first-order valence-electron chi connectivity index (χ1n) is 10.7. The Kier molecular flexibility index (Phi) is 6.87. The smallest absolute Gasteiger partial charge is 0.407 e. The van der Waals surface area contributed by atoms with Gasteiger partial charge in [0.2, 0.25) is 5.91 Å². The van der Waals surface area contributed by atoms with Crippen molar-refractivity contribution < 1.29 is 24.2 Å². The van der Waals surface area contributed by atoms with E-state index in [1.165, 1.54) is 6.92 Å². The van der Waals surface area contributed by atoms with Crippen molar-refractivity contribution in [1.29, 1.82) is 0 Å². The maximum absolute atomic E-state index is 12.5. The number of alkyl carbamates (subject to hydrolysis) is 1. The van der Waals surface area contributed by atoms with Crippen LogP contribution in [0.15, 0.2) is 48.5 Å². The van der Waals surface area contributed by atoms with Crippen molar-refractivity contribution in [2.24, 2.45) is 5.41 Å². The maximum Gasteiger partial charge on any atom is 0.407 e. The molecular formula is C25H30N2O5. The van der Waals surface area contributed by atoms with E-state index in [0.29, 0.717) is 0 Å². The fourth-order valence-electron chi connectivity index (χ4n) is 3.93. The summed E-state index contributed by atoms with van der Waals surface area (Å²) in [6.45, 7) is 7.24. The number of rotatable bonds is 7. The first kappa shape index (κ1) is 23.3. The molecule has 7 nitrogen and oxygen atoms in total. The molecule has 3 rings (SSSR count). The van der Waals surface area contributed by atoms with Crippen LogP contribution in [0.2, 0.25) is 0 Å². The van der Waals surface area contributed by atoms with E-state index < -0.39 is 35.5 Å². The molecule has 0 radical (unpaired) electrons. The number of ether oxygens (including phenoxy) is 1. The molecule has 3 N–H and O–H groups in total. The van der Waals surface area contributed by atoms with Crippen LogP contribution in [0, 0.1) is 5.41 Å². The number of carboxylic acid groups (broad SMARTS) is 1. The van der Waals surface area contributed by atoms with E-state index in [2.05, 4.69) is 22.8 Å². The average molecular weight is 439 g/mol. The third-order valence-corrected chi connectivity index (χ3v) is 5.81. The number of hydrogen-bond acceptors (Lipinski definition) is 4. The van der Waals surface area contributed by atoms with E-state index in [0.717, 1.165) is 22.3 Å². The number of carbonyl (C=O) groups excluding carboxylic acids is 2. The number of carboxylic acids is 1. The van der Waals surface area contributed by atoms with Crippen LogP contribution in [-0.2, 0) is 14.3 Å². The Bertz CT molecular complexity index is 966. The summed E-state index contributed by atoms with van der Waals surface area (Å²) in [6, 6.07) is 14.6. The Morgan fingerprint density at radius 1 is 0.969 bits per heavy atom. The van der Waals surface area contributed by atoms with Crippen LogP contribution in [0.25, 0.3) is 11.1 Å². The van der Waals surface area contributed by atoms with Gasteiger partial charge in [-0.15, -0.1) is 0 Å². The van der Waals surface area contributed by atoms with E-state index in [9.17, 15) is 14.4 Å². The molecule has 0 fully saturated rings. The summed E-state index contributed by atoms with van der Waals surface area (Å²) in [7, 11) is 0. The molecule has 2 atom stereocenters. The second-order valence-electron chi connectivity index (χ2n) is 9.22. The molecule has 0 saturated carbocycles. The number of hydrogen-bond donors (Lipinski definition) is 3. The molecule has 2 amide bonds. The molecule has 2 aromatic carbocycles. The second-order valence-corrected chi connectivity index (χ2v) is 9.22.